The zero-order chi connectivity index (χ0) is 12.5. The minimum Gasteiger partial charge on any atom is -0.394 e. The predicted octanol–water partition coefficient (Wildman–Crippen LogP) is 2.56. The van der Waals surface area contributed by atoms with E-state index in [9.17, 15) is 0 Å². The molecule has 0 spiro atoms. The second kappa shape index (κ2) is 4.59. The van der Waals surface area contributed by atoms with Crippen molar-refractivity contribution in [2.75, 3.05) is 17.6 Å². The molecular formula is C13H24N4. The SMILES string of the molecule is CCc1nn(C)c(NCC2(CC)CCC2)c1N. The van der Waals surface area contributed by atoms with Crippen LogP contribution in [-0.2, 0) is 13.5 Å². The Hall–Kier alpha value is -1.19. The van der Waals surface area contributed by atoms with Crippen molar-refractivity contribution in [2.24, 2.45) is 12.5 Å². The van der Waals surface area contributed by atoms with Gasteiger partial charge in [-0.3, -0.25) is 4.68 Å². The third kappa shape index (κ3) is 2.13. The maximum atomic E-state index is 6.10. The number of rotatable bonds is 5. The first-order valence-electron chi connectivity index (χ1n) is 6.67. The van der Waals surface area contributed by atoms with Crippen LogP contribution in [0, 0.1) is 5.41 Å². The molecule has 4 nitrogen and oxygen atoms in total. The van der Waals surface area contributed by atoms with E-state index in [1.807, 2.05) is 11.7 Å². The molecule has 4 heteroatoms. The summed E-state index contributed by atoms with van der Waals surface area (Å²) >= 11 is 0. The van der Waals surface area contributed by atoms with E-state index in [1.165, 1.54) is 25.7 Å². The number of nitrogen functional groups attached to an aromatic ring is 1. The summed E-state index contributed by atoms with van der Waals surface area (Å²) in [4.78, 5) is 0. The van der Waals surface area contributed by atoms with Gasteiger partial charge in [-0.05, 0) is 31.1 Å². The molecule has 3 N–H and O–H groups in total. The van der Waals surface area contributed by atoms with Gasteiger partial charge in [0.05, 0.1) is 11.4 Å². The fraction of sp³-hybridized carbons (Fsp3) is 0.769. The summed E-state index contributed by atoms with van der Waals surface area (Å²) in [6.07, 6.45) is 6.19. The van der Waals surface area contributed by atoms with Crippen LogP contribution in [0.2, 0.25) is 0 Å². The van der Waals surface area contributed by atoms with Gasteiger partial charge in [0.1, 0.15) is 5.82 Å². The molecule has 0 amide bonds. The van der Waals surface area contributed by atoms with Crippen LogP contribution in [0.1, 0.15) is 45.2 Å². The zero-order valence-electron chi connectivity index (χ0n) is 11.2. The molecule has 0 aliphatic heterocycles. The van der Waals surface area contributed by atoms with Gasteiger partial charge in [0.2, 0.25) is 0 Å². The Labute approximate surface area is 104 Å². The van der Waals surface area contributed by atoms with Crippen LogP contribution in [0.25, 0.3) is 0 Å². The summed E-state index contributed by atoms with van der Waals surface area (Å²) in [5.74, 6) is 0.988. The van der Waals surface area contributed by atoms with E-state index in [1.54, 1.807) is 0 Å². The predicted molar refractivity (Wildman–Crippen MR) is 72.1 cm³/mol. The van der Waals surface area contributed by atoms with Crippen LogP contribution in [0.4, 0.5) is 11.5 Å². The average Bonchev–Trinajstić information content (AvgIpc) is 2.54. The monoisotopic (exact) mass is 236 g/mol. The molecule has 1 saturated carbocycles. The lowest BCUT2D eigenvalue weighted by atomic mass is 9.67. The zero-order valence-corrected chi connectivity index (χ0v) is 11.2. The normalized spacial score (nSPS) is 17.8. The van der Waals surface area contributed by atoms with Crippen molar-refractivity contribution in [3.8, 4) is 0 Å². The van der Waals surface area contributed by atoms with E-state index in [2.05, 4.69) is 24.3 Å². The van der Waals surface area contributed by atoms with Gasteiger partial charge in [-0.15, -0.1) is 0 Å². The summed E-state index contributed by atoms with van der Waals surface area (Å²) < 4.78 is 1.87. The first-order valence-corrected chi connectivity index (χ1v) is 6.67. The van der Waals surface area contributed by atoms with E-state index in [0.29, 0.717) is 5.41 Å². The van der Waals surface area contributed by atoms with E-state index in [0.717, 1.165) is 30.2 Å². The number of aryl methyl sites for hydroxylation is 2. The molecule has 0 radical (unpaired) electrons. The average molecular weight is 236 g/mol. The molecule has 1 heterocycles. The number of anilines is 2. The van der Waals surface area contributed by atoms with Crippen molar-refractivity contribution in [3.63, 3.8) is 0 Å². The Balaban J connectivity index is 2.06. The van der Waals surface area contributed by atoms with Crippen LogP contribution >= 0.6 is 0 Å². The van der Waals surface area contributed by atoms with Crippen LogP contribution in [0.3, 0.4) is 0 Å². The summed E-state index contributed by atoms with van der Waals surface area (Å²) in [6.45, 7) is 5.39. The van der Waals surface area contributed by atoms with Gasteiger partial charge in [0.15, 0.2) is 0 Å². The van der Waals surface area contributed by atoms with Crippen molar-refractivity contribution in [1.29, 1.82) is 0 Å². The highest BCUT2D eigenvalue weighted by atomic mass is 15.3. The molecule has 0 bridgehead atoms. The Bertz CT molecular complexity index is 385. The van der Waals surface area contributed by atoms with Crippen molar-refractivity contribution in [2.45, 2.75) is 46.0 Å². The second-order valence-corrected chi connectivity index (χ2v) is 5.25. The van der Waals surface area contributed by atoms with E-state index in [4.69, 9.17) is 5.73 Å². The Morgan fingerprint density at radius 3 is 2.53 bits per heavy atom. The molecular weight excluding hydrogens is 212 g/mol. The van der Waals surface area contributed by atoms with E-state index < -0.39 is 0 Å². The van der Waals surface area contributed by atoms with Crippen LogP contribution < -0.4 is 11.1 Å². The third-order valence-electron chi connectivity index (χ3n) is 4.29. The van der Waals surface area contributed by atoms with Gasteiger partial charge < -0.3 is 11.1 Å². The number of nitrogens with one attached hydrogen (secondary N) is 1. The molecule has 1 fully saturated rings. The molecule has 1 aromatic heterocycles. The van der Waals surface area contributed by atoms with Crippen molar-refractivity contribution < 1.29 is 0 Å². The highest BCUT2D eigenvalue weighted by molar-refractivity contribution is 5.65. The Kier molecular flexibility index (Phi) is 3.31. The minimum absolute atomic E-state index is 0.503. The molecule has 0 atom stereocenters. The minimum atomic E-state index is 0.503. The van der Waals surface area contributed by atoms with E-state index >= 15 is 0 Å². The number of nitrogens with two attached hydrogens (primary N) is 1. The van der Waals surface area contributed by atoms with Crippen molar-refractivity contribution in [1.82, 2.24) is 9.78 Å². The number of aromatic nitrogens is 2. The fourth-order valence-electron chi connectivity index (χ4n) is 2.67. The highest BCUT2D eigenvalue weighted by Crippen LogP contribution is 2.44. The molecule has 1 aliphatic carbocycles. The van der Waals surface area contributed by atoms with Gasteiger partial charge >= 0.3 is 0 Å². The molecule has 0 aromatic carbocycles. The maximum Gasteiger partial charge on any atom is 0.147 e. The van der Waals surface area contributed by atoms with Gasteiger partial charge in [0.25, 0.3) is 0 Å². The quantitative estimate of drug-likeness (QED) is 0.826. The fourth-order valence-corrected chi connectivity index (χ4v) is 2.67. The third-order valence-corrected chi connectivity index (χ3v) is 4.29. The maximum absolute atomic E-state index is 6.10. The second-order valence-electron chi connectivity index (χ2n) is 5.25. The summed E-state index contributed by atoms with van der Waals surface area (Å²) in [6, 6.07) is 0. The van der Waals surface area contributed by atoms with Crippen LogP contribution in [0.5, 0.6) is 0 Å². The molecule has 1 aliphatic rings. The standard InChI is InChI=1S/C13H24N4/c1-4-10-11(14)12(17(3)16-10)15-9-13(5-2)7-6-8-13/h15H,4-9,14H2,1-3H3. The van der Waals surface area contributed by atoms with Crippen LogP contribution in [-0.4, -0.2) is 16.3 Å². The molecule has 96 valence electrons. The number of nitrogens with zero attached hydrogens (tertiary/aromatic N) is 2. The summed E-state index contributed by atoms with van der Waals surface area (Å²) in [5, 5.41) is 7.93. The Morgan fingerprint density at radius 1 is 1.41 bits per heavy atom. The van der Waals surface area contributed by atoms with Gasteiger partial charge in [-0.25, -0.2) is 0 Å². The first kappa shape index (κ1) is 12.3. The summed E-state index contributed by atoms with van der Waals surface area (Å²) in [7, 11) is 1.96. The van der Waals surface area contributed by atoms with Crippen molar-refractivity contribution >= 4 is 11.5 Å². The lowest BCUT2D eigenvalue weighted by molar-refractivity contribution is 0.145. The molecule has 1 aromatic rings. The molecule has 2 rings (SSSR count). The highest BCUT2D eigenvalue weighted by Gasteiger charge is 2.35. The topological polar surface area (TPSA) is 55.9 Å². The largest absolute Gasteiger partial charge is 0.394 e. The smallest absolute Gasteiger partial charge is 0.147 e. The number of hydrogen-bond donors (Lipinski definition) is 2. The van der Waals surface area contributed by atoms with Gasteiger partial charge in [-0.1, -0.05) is 20.3 Å². The van der Waals surface area contributed by atoms with Crippen LogP contribution in [0.15, 0.2) is 0 Å². The van der Waals surface area contributed by atoms with Gasteiger partial charge in [-0.2, -0.15) is 5.10 Å². The van der Waals surface area contributed by atoms with Gasteiger partial charge in [0, 0.05) is 13.6 Å². The lowest BCUT2D eigenvalue weighted by Crippen LogP contribution is -2.36. The van der Waals surface area contributed by atoms with Crippen molar-refractivity contribution in [3.05, 3.63) is 5.69 Å². The molecule has 0 saturated heterocycles. The Morgan fingerprint density at radius 2 is 2.12 bits per heavy atom. The lowest BCUT2D eigenvalue weighted by Gasteiger charge is -2.41. The number of hydrogen-bond acceptors (Lipinski definition) is 3. The molecule has 17 heavy (non-hydrogen) atoms. The first-order chi connectivity index (χ1) is 8.12. The summed E-state index contributed by atoms with van der Waals surface area (Å²) in [5.41, 5.74) is 8.42. The van der Waals surface area contributed by atoms with E-state index in [-0.39, 0.29) is 0 Å². The molecule has 0 unspecified atom stereocenters.